The van der Waals surface area contributed by atoms with Crippen LogP contribution >= 0.6 is 23.2 Å². The molecule has 0 heterocycles. The lowest BCUT2D eigenvalue weighted by molar-refractivity contribution is -0.143. The van der Waals surface area contributed by atoms with Gasteiger partial charge in [-0.15, -0.1) is 0 Å². The molecule has 0 unspecified atom stereocenters. The molecule has 1 aliphatic carbocycles. The summed E-state index contributed by atoms with van der Waals surface area (Å²) in [6.07, 6.45) is 4.69. The molecule has 0 aromatic heterocycles. The van der Waals surface area contributed by atoms with Crippen LogP contribution in [0.2, 0.25) is 10.0 Å². The van der Waals surface area contributed by atoms with Crippen molar-refractivity contribution in [2.45, 2.75) is 57.7 Å². The van der Waals surface area contributed by atoms with Crippen molar-refractivity contribution in [3.63, 3.8) is 0 Å². The third-order valence-corrected chi connectivity index (χ3v) is 6.14. The molecule has 0 radical (unpaired) electrons. The number of halogens is 2. The predicted octanol–water partition coefficient (Wildman–Crippen LogP) is 5.24. The van der Waals surface area contributed by atoms with Crippen LogP contribution < -0.4 is 10.1 Å². The number of amides is 2. The number of hydrogen-bond donors (Lipinski definition) is 1. The van der Waals surface area contributed by atoms with E-state index < -0.39 is 6.04 Å². The second-order valence-corrected chi connectivity index (χ2v) is 8.62. The first kappa shape index (κ1) is 23.4. The molecule has 166 valence electrons. The van der Waals surface area contributed by atoms with Gasteiger partial charge < -0.3 is 15.0 Å². The molecular formula is C24H28Cl2N2O3. The highest BCUT2D eigenvalue weighted by Crippen LogP contribution is 2.24. The maximum atomic E-state index is 13.2. The van der Waals surface area contributed by atoms with Crippen molar-refractivity contribution in [1.82, 2.24) is 10.2 Å². The van der Waals surface area contributed by atoms with Gasteiger partial charge in [0.2, 0.25) is 5.91 Å². The average molecular weight is 463 g/mol. The van der Waals surface area contributed by atoms with Crippen LogP contribution in [0, 0.1) is 0 Å². The maximum absolute atomic E-state index is 13.2. The monoisotopic (exact) mass is 462 g/mol. The second kappa shape index (κ2) is 11.4. The van der Waals surface area contributed by atoms with Gasteiger partial charge in [0.15, 0.2) is 6.61 Å². The molecule has 1 fully saturated rings. The quantitative estimate of drug-likeness (QED) is 0.554. The molecule has 1 saturated carbocycles. The van der Waals surface area contributed by atoms with Crippen molar-refractivity contribution >= 4 is 35.0 Å². The molecule has 1 aliphatic rings. The number of hydrogen-bond acceptors (Lipinski definition) is 3. The number of ether oxygens (including phenoxy) is 1. The Kier molecular flexibility index (Phi) is 8.61. The fraction of sp³-hybridized carbons (Fsp3) is 0.417. The van der Waals surface area contributed by atoms with Crippen molar-refractivity contribution in [2.24, 2.45) is 0 Å². The standard InChI is InChI=1S/C24H28Cl2N2O3/c1-2-22(24(30)27-19-8-6-7-9-19)28(15-17-12-13-18(25)14-21(17)26)23(29)16-31-20-10-4-3-5-11-20/h3-5,10-14,19,22H,2,6-9,15-16H2,1H3,(H,27,30)/t22-/m1/s1. The summed E-state index contributed by atoms with van der Waals surface area (Å²) >= 11 is 12.4. The number of rotatable bonds is 9. The minimum atomic E-state index is -0.612. The molecular weight excluding hydrogens is 435 g/mol. The van der Waals surface area contributed by atoms with Crippen LogP contribution in [0.4, 0.5) is 0 Å². The van der Waals surface area contributed by atoms with E-state index in [-0.39, 0.29) is 31.0 Å². The number of benzene rings is 2. The molecule has 2 aromatic rings. The Labute approximate surface area is 193 Å². The van der Waals surface area contributed by atoms with Gasteiger partial charge in [0.25, 0.3) is 5.91 Å². The SMILES string of the molecule is CC[C@H](C(=O)NC1CCCC1)N(Cc1ccc(Cl)cc1Cl)C(=O)COc1ccccc1. The van der Waals surface area contributed by atoms with Crippen LogP contribution in [0.3, 0.4) is 0 Å². The Morgan fingerprint density at radius 1 is 1.13 bits per heavy atom. The van der Waals surface area contributed by atoms with E-state index in [0.29, 0.717) is 22.2 Å². The van der Waals surface area contributed by atoms with E-state index in [9.17, 15) is 9.59 Å². The lowest BCUT2D eigenvalue weighted by Gasteiger charge is -2.31. The van der Waals surface area contributed by atoms with Gasteiger partial charge in [0.1, 0.15) is 11.8 Å². The van der Waals surface area contributed by atoms with Crippen molar-refractivity contribution in [1.29, 1.82) is 0 Å². The molecule has 2 amide bonds. The highest BCUT2D eigenvalue weighted by atomic mass is 35.5. The number of para-hydroxylation sites is 1. The Morgan fingerprint density at radius 2 is 1.84 bits per heavy atom. The summed E-state index contributed by atoms with van der Waals surface area (Å²) in [5.41, 5.74) is 0.728. The van der Waals surface area contributed by atoms with Gasteiger partial charge in [-0.05, 0) is 49.1 Å². The summed E-state index contributed by atoms with van der Waals surface area (Å²) < 4.78 is 5.67. The van der Waals surface area contributed by atoms with E-state index in [2.05, 4.69) is 5.32 Å². The normalized spacial score (nSPS) is 14.8. The highest BCUT2D eigenvalue weighted by molar-refractivity contribution is 6.35. The van der Waals surface area contributed by atoms with Gasteiger partial charge in [0.05, 0.1) is 0 Å². The smallest absolute Gasteiger partial charge is 0.261 e. The molecule has 3 rings (SSSR count). The van der Waals surface area contributed by atoms with Crippen molar-refractivity contribution < 1.29 is 14.3 Å². The zero-order valence-electron chi connectivity index (χ0n) is 17.7. The minimum absolute atomic E-state index is 0.132. The summed E-state index contributed by atoms with van der Waals surface area (Å²) in [4.78, 5) is 27.8. The van der Waals surface area contributed by atoms with Crippen molar-refractivity contribution in [3.05, 3.63) is 64.1 Å². The molecule has 0 aliphatic heterocycles. The molecule has 7 heteroatoms. The lowest BCUT2D eigenvalue weighted by atomic mass is 10.1. The van der Waals surface area contributed by atoms with Gasteiger partial charge in [-0.1, -0.05) is 67.2 Å². The Morgan fingerprint density at radius 3 is 2.48 bits per heavy atom. The molecule has 0 spiro atoms. The second-order valence-electron chi connectivity index (χ2n) is 7.77. The minimum Gasteiger partial charge on any atom is -0.484 e. The van der Waals surface area contributed by atoms with Crippen LogP contribution in [0.15, 0.2) is 48.5 Å². The zero-order chi connectivity index (χ0) is 22.2. The van der Waals surface area contributed by atoms with Gasteiger partial charge >= 0.3 is 0 Å². The number of carbonyl (C=O) groups is 2. The van der Waals surface area contributed by atoms with Crippen LogP contribution in [0.1, 0.15) is 44.6 Å². The molecule has 31 heavy (non-hydrogen) atoms. The molecule has 5 nitrogen and oxygen atoms in total. The van der Waals surface area contributed by atoms with Crippen LogP contribution in [0.5, 0.6) is 5.75 Å². The van der Waals surface area contributed by atoms with Crippen molar-refractivity contribution in [3.8, 4) is 5.75 Å². The van der Waals surface area contributed by atoms with Crippen LogP contribution in [-0.2, 0) is 16.1 Å². The first-order valence-electron chi connectivity index (χ1n) is 10.7. The van der Waals surface area contributed by atoms with Crippen LogP contribution in [-0.4, -0.2) is 35.4 Å². The van der Waals surface area contributed by atoms with E-state index in [0.717, 1.165) is 31.2 Å². The summed E-state index contributed by atoms with van der Waals surface area (Å²) in [5, 5.41) is 4.10. The predicted molar refractivity (Wildman–Crippen MR) is 123 cm³/mol. The first-order chi connectivity index (χ1) is 15.0. The molecule has 0 saturated heterocycles. The van der Waals surface area contributed by atoms with Gasteiger partial charge in [-0.3, -0.25) is 9.59 Å². The zero-order valence-corrected chi connectivity index (χ0v) is 19.2. The molecule has 1 atom stereocenters. The topological polar surface area (TPSA) is 58.6 Å². The maximum Gasteiger partial charge on any atom is 0.261 e. The highest BCUT2D eigenvalue weighted by Gasteiger charge is 2.31. The summed E-state index contributed by atoms with van der Waals surface area (Å²) in [5.74, 6) is 0.194. The van der Waals surface area contributed by atoms with E-state index in [1.807, 2.05) is 25.1 Å². The Hall–Kier alpha value is -2.24. The molecule has 2 aromatic carbocycles. The summed E-state index contributed by atoms with van der Waals surface area (Å²) in [6.45, 7) is 1.94. The fourth-order valence-electron chi connectivity index (χ4n) is 3.87. The van der Waals surface area contributed by atoms with Crippen molar-refractivity contribution in [2.75, 3.05) is 6.61 Å². The van der Waals surface area contributed by atoms with E-state index in [1.165, 1.54) is 0 Å². The third-order valence-electron chi connectivity index (χ3n) is 5.55. The van der Waals surface area contributed by atoms with E-state index in [1.54, 1.807) is 35.2 Å². The Bertz CT molecular complexity index is 886. The number of nitrogens with one attached hydrogen (secondary N) is 1. The van der Waals surface area contributed by atoms with Gasteiger partial charge in [0, 0.05) is 22.6 Å². The summed E-state index contributed by atoms with van der Waals surface area (Å²) in [6, 6.07) is 13.9. The Balaban J connectivity index is 1.78. The molecule has 0 bridgehead atoms. The average Bonchev–Trinajstić information content (AvgIpc) is 3.27. The van der Waals surface area contributed by atoms with E-state index in [4.69, 9.17) is 27.9 Å². The lowest BCUT2D eigenvalue weighted by Crippen LogP contribution is -2.52. The molecule has 1 N–H and O–H groups in total. The van der Waals surface area contributed by atoms with Crippen LogP contribution in [0.25, 0.3) is 0 Å². The van der Waals surface area contributed by atoms with Gasteiger partial charge in [-0.25, -0.2) is 0 Å². The number of carbonyl (C=O) groups excluding carboxylic acids is 2. The van der Waals surface area contributed by atoms with E-state index >= 15 is 0 Å². The largest absolute Gasteiger partial charge is 0.484 e. The third kappa shape index (κ3) is 6.62. The van der Waals surface area contributed by atoms with Gasteiger partial charge in [-0.2, -0.15) is 0 Å². The number of nitrogens with zero attached hydrogens (tertiary/aromatic N) is 1. The summed E-state index contributed by atoms with van der Waals surface area (Å²) in [7, 11) is 0. The first-order valence-corrected chi connectivity index (χ1v) is 11.4. The fourth-order valence-corrected chi connectivity index (χ4v) is 4.33.